The van der Waals surface area contributed by atoms with Gasteiger partial charge in [0.1, 0.15) is 0 Å². The molecule has 27 heavy (non-hydrogen) atoms. The van der Waals surface area contributed by atoms with Crippen LogP contribution in [0.2, 0.25) is 0 Å². The highest BCUT2D eigenvalue weighted by Gasteiger charge is 2.10. The standard InChI is InChI=1S/C23H28N2O2/c1-18(2)21-8-3-19(4-9-21)7-12-23(26)24-22-10-5-20(6-11-22)17-25-13-15-27-16-14-25/h3-12,18H,13-17H2,1-2H3,(H,24,26). The summed E-state index contributed by atoms with van der Waals surface area (Å²) in [6.45, 7) is 8.82. The van der Waals surface area contributed by atoms with Gasteiger partial charge in [-0.3, -0.25) is 9.69 Å². The lowest BCUT2D eigenvalue weighted by Gasteiger charge is -2.26. The van der Waals surface area contributed by atoms with E-state index in [2.05, 4.69) is 48.3 Å². The van der Waals surface area contributed by atoms with Gasteiger partial charge in [0.2, 0.25) is 5.91 Å². The summed E-state index contributed by atoms with van der Waals surface area (Å²) in [5.74, 6) is 0.390. The molecule has 1 aliphatic heterocycles. The summed E-state index contributed by atoms with van der Waals surface area (Å²) in [6.07, 6.45) is 3.41. The summed E-state index contributed by atoms with van der Waals surface area (Å²) >= 11 is 0. The number of nitrogens with zero attached hydrogens (tertiary/aromatic N) is 1. The molecule has 142 valence electrons. The van der Waals surface area contributed by atoms with Crippen LogP contribution in [0.25, 0.3) is 6.08 Å². The largest absolute Gasteiger partial charge is 0.379 e. The molecular formula is C23H28N2O2. The molecule has 4 heteroatoms. The lowest BCUT2D eigenvalue weighted by molar-refractivity contribution is -0.111. The SMILES string of the molecule is CC(C)c1ccc(C=CC(=O)Nc2ccc(CN3CCOCC3)cc2)cc1. The molecule has 4 nitrogen and oxygen atoms in total. The molecule has 2 aromatic carbocycles. The molecule has 0 aromatic heterocycles. The monoisotopic (exact) mass is 364 g/mol. The number of morpholine rings is 1. The molecule has 1 amide bonds. The number of anilines is 1. The molecule has 1 N–H and O–H groups in total. The van der Waals surface area contributed by atoms with Gasteiger partial charge in [-0.2, -0.15) is 0 Å². The van der Waals surface area contributed by atoms with E-state index < -0.39 is 0 Å². The van der Waals surface area contributed by atoms with Crippen molar-refractivity contribution < 1.29 is 9.53 Å². The Morgan fingerprint density at radius 2 is 1.74 bits per heavy atom. The molecule has 2 aromatic rings. The van der Waals surface area contributed by atoms with Crippen molar-refractivity contribution in [1.29, 1.82) is 0 Å². The van der Waals surface area contributed by atoms with Gasteiger partial charge in [0.05, 0.1) is 13.2 Å². The maximum Gasteiger partial charge on any atom is 0.248 e. The summed E-state index contributed by atoms with van der Waals surface area (Å²) in [5, 5.41) is 2.91. The third-order valence-corrected chi connectivity index (χ3v) is 4.76. The van der Waals surface area contributed by atoms with Crippen LogP contribution in [0.3, 0.4) is 0 Å². The first kappa shape index (κ1) is 19.3. The Balaban J connectivity index is 1.51. The van der Waals surface area contributed by atoms with Crippen molar-refractivity contribution >= 4 is 17.7 Å². The molecule has 0 unspecified atom stereocenters. The number of ether oxygens (including phenoxy) is 1. The number of benzene rings is 2. The Morgan fingerprint density at radius 1 is 1.07 bits per heavy atom. The minimum absolute atomic E-state index is 0.121. The number of hydrogen-bond acceptors (Lipinski definition) is 3. The topological polar surface area (TPSA) is 41.6 Å². The van der Waals surface area contributed by atoms with Crippen LogP contribution in [0.5, 0.6) is 0 Å². The van der Waals surface area contributed by atoms with Gasteiger partial charge in [0.25, 0.3) is 0 Å². The number of carbonyl (C=O) groups excluding carboxylic acids is 1. The quantitative estimate of drug-likeness (QED) is 0.777. The van der Waals surface area contributed by atoms with E-state index in [1.807, 2.05) is 30.3 Å². The Hall–Kier alpha value is -2.43. The van der Waals surface area contributed by atoms with Crippen molar-refractivity contribution in [1.82, 2.24) is 4.90 Å². The van der Waals surface area contributed by atoms with Crippen LogP contribution in [0, 0.1) is 0 Å². The lowest BCUT2D eigenvalue weighted by atomic mass is 10.0. The maximum atomic E-state index is 12.1. The van der Waals surface area contributed by atoms with Crippen molar-refractivity contribution in [2.75, 3.05) is 31.6 Å². The molecule has 1 heterocycles. The number of hydrogen-bond donors (Lipinski definition) is 1. The second kappa shape index (κ2) is 9.49. The van der Waals surface area contributed by atoms with Crippen LogP contribution in [-0.2, 0) is 16.1 Å². The van der Waals surface area contributed by atoms with Gasteiger partial charge in [-0.05, 0) is 40.8 Å². The highest BCUT2D eigenvalue weighted by Crippen LogP contribution is 2.16. The summed E-state index contributed by atoms with van der Waals surface area (Å²) in [7, 11) is 0. The molecule has 3 rings (SSSR count). The first-order valence-electron chi connectivity index (χ1n) is 9.58. The molecule has 1 aliphatic rings. The van der Waals surface area contributed by atoms with E-state index in [1.165, 1.54) is 11.1 Å². The molecule has 1 saturated heterocycles. The second-order valence-corrected chi connectivity index (χ2v) is 7.23. The minimum atomic E-state index is -0.121. The van der Waals surface area contributed by atoms with E-state index in [4.69, 9.17) is 4.74 Å². The van der Waals surface area contributed by atoms with E-state index in [9.17, 15) is 4.79 Å². The Morgan fingerprint density at radius 3 is 2.37 bits per heavy atom. The lowest BCUT2D eigenvalue weighted by Crippen LogP contribution is -2.35. The summed E-state index contributed by atoms with van der Waals surface area (Å²) in [6, 6.07) is 16.3. The van der Waals surface area contributed by atoms with Gasteiger partial charge in [-0.25, -0.2) is 0 Å². The maximum absolute atomic E-state index is 12.1. The van der Waals surface area contributed by atoms with Gasteiger partial charge < -0.3 is 10.1 Å². The highest BCUT2D eigenvalue weighted by atomic mass is 16.5. The van der Waals surface area contributed by atoms with Gasteiger partial charge >= 0.3 is 0 Å². The van der Waals surface area contributed by atoms with Crippen LogP contribution in [-0.4, -0.2) is 37.1 Å². The predicted molar refractivity (Wildman–Crippen MR) is 111 cm³/mol. The van der Waals surface area contributed by atoms with Crippen LogP contribution in [0.15, 0.2) is 54.6 Å². The van der Waals surface area contributed by atoms with Crippen LogP contribution in [0.1, 0.15) is 36.5 Å². The van der Waals surface area contributed by atoms with Crippen LogP contribution >= 0.6 is 0 Å². The molecule has 0 spiro atoms. The van der Waals surface area contributed by atoms with E-state index in [-0.39, 0.29) is 5.91 Å². The van der Waals surface area contributed by atoms with Crippen LogP contribution < -0.4 is 5.32 Å². The molecule has 0 saturated carbocycles. The summed E-state index contributed by atoms with van der Waals surface area (Å²) in [5.41, 5.74) is 4.38. The van der Waals surface area contributed by atoms with E-state index in [0.717, 1.165) is 44.1 Å². The van der Waals surface area contributed by atoms with Crippen molar-refractivity contribution in [3.05, 3.63) is 71.3 Å². The first-order chi connectivity index (χ1) is 13.1. The van der Waals surface area contributed by atoms with Gasteiger partial charge in [0, 0.05) is 31.4 Å². The second-order valence-electron chi connectivity index (χ2n) is 7.23. The van der Waals surface area contributed by atoms with Gasteiger partial charge in [-0.15, -0.1) is 0 Å². The zero-order chi connectivity index (χ0) is 19.1. The van der Waals surface area contributed by atoms with Crippen molar-refractivity contribution in [2.45, 2.75) is 26.3 Å². The molecule has 0 bridgehead atoms. The number of carbonyl (C=O) groups is 1. The Kier molecular flexibility index (Phi) is 6.80. The predicted octanol–water partition coefficient (Wildman–Crippen LogP) is 4.29. The van der Waals surface area contributed by atoms with Gasteiger partial charge in [-0.1, -0.05) is 50.2 Å². The Labute approximate surface area is 161 Å². The molecule has 0 aliphatic carbocycles. The van der Waals surface area contributed by atoms with Crippen LogP contribution in [0.4, 0.5) is 5.69 Å². The zero-order valence-electron chi connectivity index (χ0n) is 16.2. The average molecular weight is 364 g/mol. The van der Waals surface area contributed by atoms with E-state index in [1.54, 1.807) is 6.08 Å². The van der Waals surface area contributed by atoms with Crippen molar-refractivity contribution in [3.8, 4) is 0 Å². The third-order valence-electron chi connectivity index (χ3n) is 4.76. The average Bonchev–Trinajstić information content (AvgIpc) is 2.69. The summed E-state index contributed by atoms with van der Waals surface area (Å²) in [4.78, 5) is 14.5. The molecule has 1 fully saturated rings. The Bertz CT molecular complexity index is 758. The van der Waals surface area contributed by atoms with Crippen molar-refractivity contribution in [2.24, 2.45) is 0 Å². The van der Waals surface area contributed by atoms with E-state index >= 15 is 0 Å². The summed E-state index contributed by atoms with van der Waals surface area (Å²) < 4.78 is 5.38. The number of rotatable bonds is 6. The molecule has 0 atom stereocenters. The third kappa shape index (κ3) is 6.05. The fraction of sp³-hybridized carbons (Fsp3) is 0.348. The fourth-order valence-electron chi connectivity index (χ4n) is 3.06. The number of amides is 1. The fourth-order valence-corrected chi connectivity index (χ4v) is 3.06. The van der Waals surface area contributed by atoms with Crippen molar-refractivity contribution in [3.63, 3.8) is 0 Å². The minimum Gasteiger partial charge on any atom is -0.379 e. The highest BCUT2D eigenvalue weighted by molar-refractivity contribution is 6.01. The zero-order valence-corrected chi connectivity index (χ0v) is 16.2. The molecule has 0 radical (unpaired) electrons. The smallest absolute Gasteiger partial charge is 0.248 e. The molecular weight excluding hydrogens is 336 g/mol. The number of nitrogens with one attached hydrogen (secondary N) is 1. The van der Waals surface area contributed by atoms with Gasteiger partial charge in [0.15, 0.2) is 0 Å². The normalized spacial score (nSPS) is 15.4. The first-order valence-corrected chi connectivity index (χ1v) is 9.58. The van der Waals surface area contributed by atoms with E-state index in [0.29, 0.717) is 5.92 Å².